The second-order valence-corrected chi connectivity index (χ2v) is 3.60. The van der Waals surface area contributed by atoms with Crippen molar-refractivity contribution in [1.29, 1.82) is 0 Å². The predicted molar refractivity (Wildman–Crippen MR) is 58.3 cm³/mol. The summed E-state index contributed by atoms with van der Waals surface area (Å²) in [6, 6.07) is 9.96. The average Bonchev–Trinajstić information content (AvgIpc) is 2.68. The molecule has 72 valence electrons. The minimum absolute atomic E-state index is 0.0816. The molecular formula is C10H10N2OS. The van der Waals surface area contributed by atoms with E-state index in [1.165, 1.54) is 11.3 Å². The first-order valence-electron chi connectivity index (χ1n) is 4.26. The smallest absolute Gasteiger partial charge is 0.184 e. The van der Waals surface area contributed by atoms with E-state index in [0.29, 0.717) is 0 Å². The molecule has 0 spiro atoms. The van der Waals surface area contributed by atoms with Gasteiger partial charge in [-0.15, -0.1) is 11.3 Å². The van der Waals surface area contributed by atoms with E-state index >= 15 is 0 Å². The third kappa shape index (κ3) is 1.92. The monoisotopic (exact) mass is 206 g/mol. The van der Waals surface area contributed by atoms with E-state index in [1.54, 1.807) is 0 Å². The zero-order valence-corrected chi connectivity index (χ0v) is 8.29. The fraction of sp³-hybridized carbons (Fsp3) is 0.100. The fourth-order valence-electron chi connectivity index (χ4n) is 1.16. The van der Waals surface area contributed by atoms with E-state index in [4.69, 9.17) is 5.11 Å². The van der Waals surface area contributed by atoms with Gasteiger partial charge in [-0.2, -0.15) is 0 Å². The lowest BCUT2D eigenvalue weighted by molar-refractivity contribution is 0.325. The van der Waals surface area contributed by atoms with Gasteiger partial charge in [0.15, 0.2) is 5.13 Å². The highest BCUT2D eigenvalue weighted by Gasteiger charge is 2.02. The summed E-state index contributed by atoms with van der Waals surface area (Å²) in [5.41, 5.74) is 2.03. The maximum Gasteiger partial charge on any atom is 0.184 e. The number of anilines is 1. The second kappa shape index (κ2) is 4.21. The molecule has 0 aliphatic rings. The lowest BCUT2D eigenvalue weighted by Gasteiger charge is -1.95. The summed E-state index contributed by atoms with van der Waals surface area (Å²) in [6.07, 6.45) is 0. The number of nitrogens with one attached hydrogen (secondary N) is 1. The Bertz CT molecular complexity index is 400. The Balaban J connectivity index is 2.25. The Morgan fingerprint density at radius 1 is 1.29 bits per heavy atom. The van der Waals surface area contributed by atoms with Crippen LogP contribution >= 0.6 is 11.3 Å². The number of aromatic nitrogens is 1. The lowest BCUT2D eigenvalue weighted by atomic mass is 10.2. The fourth-order valence-corrected chi connectivity index (χ4v) is 1.88. The molecule has 2 aromatic rings. The summed E-state index contributed by atoms with van der Waals surface area (Å²) in [7, 11) is 0. The van der Waals surface area contributed by atoms with Crippen LogP contribution in [0.15, 0.2) is 35.7 Å². The maximum atomic E-state index is 8.66. The number of rotatable bonds is 3. The Morgan fingerprint density at radius 3 is 2.79 bits per heavy atom. The van der Waals surface area contributed by atoms with Crippen LogP contribution < -0.4 is 5.32 Å². The number of benzene rings is 1. The summed E-state index contributed by atoms with van der Waals surface area (Å²) in [6.45, 7) is -0.0816. The van der Waals surface area contributed by atoms with Crippen molar-refractivity contribution in [2.75, 3.05) is 12.0 Å². The zero-order valence-electron chi connectivity index (χ0n) is 7.47. The molecule has 0 saturated heterocycles. The predicted octanol–water partition coefficient (Wildman–Crippen LogP) is 2.17. The quantitative estimate of drug-likeness (QED) is 0.756. The summed E-state index contributed by atoms with van der Waals surface area (Å²) in [5, 5.41) is 14.1. The van der Waals surface area contributed by atoms with Gasteiger partial charge in [0.05, 0.1) is 5.69 Å². The van der Waals surface area contributed by atoms with Crippen LogP contribution in [0.3, 0.4) is 0 Å². The molecule has 0 unspecified atom stereocenters. The molecule has 1 heterocycles. The van der Waals surface area contributed by atoms with Gasteiger partial charge in [0, 0.05) is 10.9 Å². The van der Waals surface area contributed by atoms with Gasteiger partial charge in [-0.05, 0) is 0 Å². The topological polar surface area (TPSA) is 45.1 Å². The Morgan fingerprint density at radius 2 is 2.07 bits per heavy atom. The first kappa shape index (κ1) is 9.18. The van der Waals surface area contributed by atoms with E-state index < -0.39 is 0 Å². The standard InChI is InChI=1S/C10H10N2OS/c13-7-11-10-12-9(6-14-10)8-4-2-1-3-5-8/h1-6,13H,7H2,(H,11,12). The highest BCUT2D eigenvalue weighted by atomic mass is 32.1. The molecule has 2 rings (SSSR count). The molecule has 4 heteroatoms. The van der Waals surface area contributed by atoms with Crippen LogP contribution in [-0.2, 0) is 0 Å². The number of hydrogen-bond acceptors (Lipinski definition) is 4. The minimum atomic E-state index is -0.0816. The molecule has 0 saturated carbocycles. The van der Waals surface area contributed by atoms with Gasteiger partial charge in [-0.3, -0.25) is 0 Å². The van der Waals surface area contributed by atoms with Crippen LogP contribution in [0.5, 0.6) is 0 Å². The van der Waals surface area contributed by atoms with Crippen LogP contribution in [0.4, 0.5) is 5.13 Å². The van der Waals surface area contributed by atoms with Crippen molar-refractivity contribution in [3.8, 4) is 11.3 Å². The number of hydrogen-bond donors (Lipinski definition) is 2. The third-order valence-corrected chi connectivity index (χ3v) is 2.60. The van der Waals surface area contributed by atoms with Crippen molar-refractivity contribution < 1.29 is 5.11 Å². The molecule has 0 radical (unpaired) electrons. The molecule has 3 nitrogen and oxygen atoms in total. The molecule has 14 heavy (non-hydrogen) atoms. The van der Waals surface area contributed by atoms with Crippen LogP contribution in [0.1, 0.15) is 0 Å². The average molecular weight is 206 g/mol. The van der Waals surface area contributed by atoms with E-state index in [-0.39, 0.29) is 6.73 Å². The van der Waals surface area contributed by atoms with Gasteiger partial charge in [0.1, 0.15) is 6.73 Å². The molecule has 1 aromatic heterocycles. The summed E-state index contributed by atoms with van der Waals surface area (Å²) >= 11 is 1.49. The van der Waals surface area contributed by atoms with Gasteiger partial charge in [-0.25, -0.2) is 4.98 Å². The molecule has 2 N–H and O–H groups in total. The first-order valence-corrected chi connectivity index (χ1v) is 5.14. The van der Waals surface area contributed by atoms with Crippen LogP contribution in [0.2, 0.25) is 0 Å². The normalized spacial score (nSPS) is 10.1. The van der Waals surface area contributed by atoms with Crippen molar-refractivity contribution in [1.82, 2.24) is 4.98 Å². The Kier molecular flexibility index (Phi) is 2.76. The molecule has 0 aliphatic heterocycles. The number of nitrogens with zero attached hydrogens (tertiary/aromatic N) is 1. The molecule has 0 aliphatic carbocycles. The number of aliphatic hydroxyl groups excluding tert-OH is 1. The molecule has 0 amide bonds. The highest BCUT2D eigenvalue weighted by molar-refractivity contribution is 7.14. The number of aliphatic hydroxyl groups is 1. The van der Waals surface area contributed by atoms with Crippen molar-refractivity contribution in [3.05, 3.63) is 35.7 Å². The van der Waals surface area contributed by atoms with Crippen molar-refractivity contribution >= 4 is 16.5 Å². The molecule has 1 aromatic carbocycles. The van der Waals surface area contributed by atoms with E-state index in [0.717, 1.165) is 16.4 Å². The first-order chi connectivity index (χ1) is 6.90. The van der Waals surface area contributed by atoms with Crippen LogP contribution in [0.25, 0.3) is 11.3 Å². The van der Waals surface area contributed by atoms with Gasteiger partial charge in [0.25, 0.3) is 0 Å². The van der Waals surface area contributed by atoms with E-state index in [2.05, 4.69) is 10.3 Å². The Hall–Kier alpha value is -1.39. The van der Waals surface area contributed by atoms with Gasteiger partial charge >= 0.3 is 0 Å². The van der Waals surface area contributed by atoms with Gasteiger partial charge < -0.3 is 10.4 Å². The van der Waals surface area contributed by atoms with Gasteiger partial charge in [0.2, 0.25) is 0 Å². The zero-order chi connectivity index (χ0) is 9.80. The molecule has 0 atom stereocenters. The Labute approximate surface area is 86.1 Å². The summed E-state index contributed by atoms with van der Waals surface area (Å²) in [5.74, 6) is 0. The van der Waals surface area contributed by atoms with Crippen molar-refractivity contribution in [2.24, 2.45) is 0 Å². The minimum Gasteiger partial charge on any atom is -0.377 e. The molecular weight excluding hydrogens is 196 g/mol. The second-order valence-electron chi connectivity index (χ2n) is 2.74. The highest BCUT2D eigenvalue weighted by Crippen LogP contribution is 2.23. The lowest BCUT2D eigenvalue weighted by Crippen LogP contribution is -1.98. The maximum absolute atomic E-state index is 8.66. The third-order valence-electron chi connectivity index (χ3n) is 1.80. The molecule has 0 bridgehead atoms. The van der Waals surface area contributed by atoms with Crippen LogP contribution in [-0.4, -0.2) is 16.8 Å². The summed E-state index contributed by atoms with van der Waals surface area (Å²) in [4.78, 5) is 4.32. The SMILES string of the molecule is OCNc1nc(-c2ccccc2)cs1. The summed E-state index contributed by atoms with van der Waals surface area (Å²) < 4.78 is 0. The molecule has 0 fully saturated rings. The van der Waals surface area contributed by atoms with E-state index in [1.807, 2.05) is 35.7 Å². The van der Waals surface area contributed by atoms with Crippen molar-refractivity contribution in [3.63, 3.8) is 0 Å². The van der Waals surface area contributed by atoms with Crippen LogP contribution in [0, 0.1) is 0 Å². The van der Waals surface area contributed by atoms with Gasteiger partial charge in [-0.1, -0.05) is 30.3 Å². The largest absolute Gasteiger partial charge is 0.377 e. The van der Waals surface area contributed by atoms with E-state index in [9.17, 15) is 0 Å². The van der Waals surface area contributed by atoms with Crippen molar-refractivity contribution in [2.45, 2.75) is 0 Å². The number of thiazole rings is 1.